The van der Waals surface area contributed by atoms with E-state index in [1.165, 1.54) is 84.4 Å². The average Bonchev–Trinajstić information content (AvgIpc) is 3.69. The van der Waals surface area contributed by atoms with Crippen molar-refractivity contribution in [1.29, 1.82) is 0 Å². The molecule has 4 nitrogen and oxygen atoms in total. The molecule has 1 unspecified atom stereocenters. The van der Waals surface area contributed by atoms with Gasteiger partial charge in [-0.15, -0.1) is 0 Å². The topological polar surface area (TPSA) is 13.0 Å². The molecule has 1 atom stereocenters. The predicted molar refractivity (Wildman–Crippen MR) is 245 cm³/mol. The van der Waals surface area contributed by atoms with Crippen LogP contribution in [-0.4, -0.2) is 12.3 Å². The highest BCUT2D eigenvalue weighted by atomic mass is 15.5. The molecule has 0 saturated carbocycles. The van der Waals surface area contributed by atoms with Crippen molar-refractivity contribution >= 4 is 45.5 Å². The second-order valence-electron chi connectivity index (χ2n) is 17.7. The number of benzene rings is 6. The van der Waals surface area contributed by atoms with Crippen molar-refractivity contribution in [3.8, 4) is 0 Å². The summed E-state index contributed by atoms with van der Waals surface area (Å²) in [6, 6.07) is 49.3. The van der Waals surface area contributed by atoms with Crippen LogP contribution in [0.2, 0.25) is 0 Å². The van der Waals surface area contributed by atoms with Crippen LogP contribution in [0.25, 0.3) is 0 Å². The molecule has 292 valence electrons. The van der Waals surface area contributed by atoms with Gasteiger partial charge in [0.15, 0.2) is 12.3 Å². The Kier molecular flexibility index (Phi) is 10.2. The molecule has 0 aromatic heterocycles. The number of fused-ring (bicyclic) bond motifs is 2. The number of aryl methyl sites for hydroxylation is 3. The Bertz CT molecular complexity index is 2270. The second-order valence-corrected chi connectivity index (χ2v) is 17.7. The van der Waals surface area contributed by atoms with Crippen molar-refractivity contribution in [2.75, 3.05) is 19.6 Å². The van der Waals surface area contributed by atoms with Crippen LogP contribution in [0.4, 0.5) is 45.5 Å². The van der Waals surface area contributed by atoms with Gasteiger partial charge in [0.2, 0.25) is 0 Å². The zero-order valence-electron chi connectivity index (χ0n) is 35.9. The Morgan fingerprint density at radius 1 is 0.316 bits per heavy atom. The van der Waals surface area contributed by atoms with Crippen LogP contribution in [-0.2, 0) is 0 Å². The summed E-state index contributed by atoms with van der Waals surface area (Å²) in [6.45, 7) is 24.9. The fourth-order valence-electron chi connectivity index (χ4n) is 8.78. The lowest BCUT2D eigenvalue weighted by molar-refractivity contribution is 0.549. The van der Waals surface area contributed by atoms with Gasteiger partial charge >= 0.3 is 0 Å². The molecule has 0 saturated heterocycles. The molecular weight excluding hydrogens is 693 g/mol. The number of anilines is 8. The standard InChI is InChI=1S/C53H60N4/c1-33(2)40-13-21-44(22-14-40)54-48-29-12-37(9)30-49(48)55(45-23-15-41(16-24-45)34(3)4)52(54)53-56(46-25-17-42(18-26-46)35(5)6)50-31-38(10)39(11)32-51(50)57(53)47-27-19-43(20-28-47)36(7)8/h12-36,52-53H,1-11H3. The van der Waals surface area contributed by atoms with E-state index in [1.54, 1.807) is 0 Å². The van der Waals surface area contributed by atoms with E-state index in [4.69, 9.17) is 0 Å². The van der Waals surface area contributed by atoms with E-state index < -0.39 is 0 Å². The largest absolute Gasteiger partial charge is 0.314 e. The van der Waals surface area contributed by atoms with Gasteiger partial charge in [-0.3, -0.25) is 0 Å². The Balaban J connectivity index is 1.45. The fraction of sp³-hybridized carbons (Fsp3) is 0.321. The van der Waals surface area contributed by atoms with E-state index in [-0.39, 0.29) is 12.3 Å². The minimum absolute atomic E-state index is 0.181. The first-order valence-corrected chi connectivity index (χ1v) is 21.1. The maximum Gasteiger partial charge on any atom is 0.151 e. The van der Waals surface area contributed by atoms with Crippen molar-refractivity contribution in [2.45, 2.75) is 112 Å². The molecule has 6 aromatic carbocycles. The molecule has 8 rings (SSSR count). The molecule has 0 amide bonds. The quantitative estimate of drug-likeness (QED) is 0.146. The van der Waals surface area contributed by atoms with Crippen molar-refractivity contribution in [2.24, 2.45) is 0 Å². The number of nitrogens with zero attached hydrogens (tertiary/aromatic N) is 4. The maximum atomic E-state index is 2.64. The summed E-state index contributed by atoms with van der Waals surface area (Å²) in [6.07, 6.45) is -0.364. The van der Waals surface area contributed by atoms with Gasteiger partial charge in [-0.25, -0.2) is 0 Å². The molecule has 0 fully saturated rings. The van der Waals surface area contributed by atoms with E-state index in [9.17, 15) is 0 Å². The first-order chi connectivity index (χ1) is 27.3. The second kappa shape index (κ2) is 15.1. The maximum absolute atomic E-state index is 2.64. The van der Waals surface area contributed by atoms with Crippen LogP contribution >= 0.6 is 0 Å². The van der Waals surface area contributed by atoms with E-state index in [1.807, 2.05) is 0 Å². The van der Waals surface area contributed by atoms with Gasteiger partial charge in [0.25, 0.3) is 0 Å². The number of hydrogen-bond donors (Lipinski definition) is 0. The van der Waals surface area contributed by atoms with Gasteiger partial charge < -0.3 is 19.6 Å². The summed E-state index contributed by atoms with van der Waals surface area (Å²) in [5, 5.41) is 0. The third kappa shape index (κ3) is 6.88. The van der Waals surface area contributed by atoms with Gasteiger partial charge in [0.05, 0.1) is 22.7 Å². The Hall–Kier alpha value is -5.48. The highest BCUT2D eigenvalue weighted by Crippen LogP contribution is 2.56. The summed E-state index contributed by atoms with van der Waals surface area (Å²) < 4.78 is 0. The van der Waals surface area contributed by atoms with Crippen molar-refractivity contribution in [3.05, 3.63) is 166 Å². The van der Waals surface area contributed by atoms with E-state index >= 15 is 0 Å². The van der Waals surface area contributed by atoms with Gasteiger partial charge in [-0.1, -0.05) is 110 Å². The predicted octanol–water partition coefficient (Wildman–Crippen LogP) is 15.0. The molecular formula is C53H60N4. The van der Waals surface area contributed by atoms with Crippen molar-refractivity contribution < 1.29 is 0 Å². The van der Waals surface area contributed by atoms with E-state index in [0.29, 0.717) is 23.7 Å². The lowest BCUT2D eigenvalue weighted by Gasteiger charge is -2.44. The highest BCUT2D eigenvalue weighted by Gasteiger charge is 2.52. The Morgan fingerprint density at radius 3 is 0.860 bits per heavy atom. The van der Waals surface area contributed by atoms with Gasteiger partial charge in [0, 0.05) is 22.7 Å². The molecule has 0 radical (unpaired) electrons. The highest BCUT2D eigenvalue weighted by molar-refractivity contribution is 5.94. The van der Waals surface area contributed by atoms with Gasteiger partial charge in [0.1, 0.15) is 0 Å². The number of rotatable bonds is 9. The summed E-state index contributed by atoms with van der Waals surface area (Å²) in [4.78, 5) is 10.5. The van der Waals surface area contributed by atoms with Crippen LogP contribution in [0.15, 0.2) is 127 Å². The summed E-state index contributed by atoms with van der Waals surface area (Å²) in [5.74, 6) is 1.79. The first-order valence-electron chi connectivity index (χ1n) is 21.1. The summed E-state index contributed by atoms with van der Waals surface area (Å²) in [5.41, 5.74) is 18.8. The summed E-state index contributed by atoms with van der Waals surface area (Å²) >= 11 is 0. The molecule has 2 heterocycles. The minimum atomic E-state index is -0.182. The first kappa shape index (κ1) is 38.4. The third-order valence-electron chi connectivity index (χ3n) is 12.4. The monoisotopic (exact) mass is 752 g/mol. The molecule has 0 aliphatic carbocycles. The normalized spacial score (nSPS) is 15.5. The van der Waals surface area contributed by atoms with Gasteiger partial charge in [-0.05, 0) is 156 Å². The Labute approximate surface area is 342 Å². The van der Waals surface area contributed by atoms with E-state index in [2.05, 4.69) is 223 Å². The SMILES string of the molecule is Cc1ccc2c(c1)N(c1ccc(C(C)C)cc1)C(C1N(c3ccc(C(C)C)cc3)c3cc(C)c(C)cc3N1c1ccc(C(C)C)cc1)N2c1ccc(C(C)C)cc1. The molecule has 0 bridgehead atoms. The average molecular weight is 753 g/mol. The smallest absolute Gasteiger partial charge is 0.151 e. The number of hydrogen-bond acceptors (Lipinski definition) is 4. The molecule has 0 N–H and O–H groups in total. The van der Waals surface area contributed by atoms with Crippen LogP contribution in [0.3, 0.4) is 0 Å². The van der Waals surface area contributed by atoms with Crippen LogP contribution in [0.1, 0.15) is 118 Å². The van der Waals surface area contributed by atoms with Crippen molar-refractivity contribution in [1.82, 2.24) is 0 Å². The zero-order chi connectivity index (χ0) is 40.3. The fourth-order valence-corrected chi connectivity index (χ4v) is 8.78. The molecule has 2 aliphatic rings. The molecule has 4 heteroatoms. The van der Waals surface area contributed by atoms with Gasteiger partial charge in [-0.2, -0.15) is 0 Å². The summed E-state index contributed by atoms with van der Waals surface area (Å²) in [7, 11) is 0. The molecule has 57 heavy (non-hydrogen) atoms. The minimum Gasteiger partial charge on any atom is -0.314 e. The molecule has 2 aliphatic heterocycles. The zero-order valence-corrected chi connectivity index (χ0v) is 35.9. The van der Waals surface area contributed by atoms with Crippen molar-refractivity contribution in [3.63, 3.8) is 0 Å². The molecule has 0 spiro atoms. The molecule has 6 aromatic rings. The van der Waals surface area contributed by atoms with Crippen LogP contribution in [0, 0.1) is 20.8 Å². The lowest BCUT2D eigenvalue weighted by atomic mass is 10.0. The van der Waals surface area contributed by atoms with Crippen LogP contribution < -0.4 is 19.6 Å². The van der Waals surface area contributed by atoms with Crippen LogP contribution in [0.5, 0.6) is 0 Å². The Morgan fingerprint density at radius 2 is 0.579 bits per heavy atom. The van der Waals surface area contributed by atoms with E-state index in [0.717, 1.165) is 0 Å². The third-order valence-corrected chi connectivity index (χ3v) is 12.4. The lowest BCUT2D eigenvalue weighted by Crippen LogP contribution is -2.58.